The number of carbonyl (C=O) groups excluding carboxylic acids is 3. The molecule has 1 saturated heterocycles. The van der Waals surface area contributed by atoms with Crippen molar-refractivity contribution in [1.82, 2.24) is 4.90 Å². The summed E-state index contributed by atoms with van der Waals surface area (Å²) in [5, 5.41) is 6.14. The number of nitrogens with two attached hydrogens (primary N) is 1. The lowest BCUT2D eigenvalue weighted by Gasteiger charge is -2.31. The van der Waals surface area contributed by atoms with Gasteiger partial charge in [-0.05, 0) is 73.0 Å². The number of nitrogens with zero attached hydrogens (tertiary/aromatic N) is 1. The predicted octanol–water partition coefficient (Wildman–Crippen LogP) is 7.20. The van der Waals surface area contributed by atoms with Crippen LogP contribution in [0.15, 0.2) is 84.9 Å². The lowest BCUT2D eigenvalue weighted by Crippen LogP contribution is -2.46. The van der Waals surface area contributed by atoms with Gasteiger partial charge in [-0.1, -0.05) is 41.9 Å². The zero-order valence-electron chi connectivity index (χ0n) is 21.8. The number of ether oxygens (including phenoxy) is 2. The number of carbonyl (C=O) groups is 3. The van der Waals surface area contributed by atoms with Crippen LogP contribution in [0.4, 0.5) is 21.0 Å². The molecule has 11 heteroatoms. The number of hydrogen-bond donors (Lipinski definition) is 3. The molecule has 3 aromatic carbocycles. The van der Waals surface area contributed by atoms with Crippen LogP contribution < -0.4 is 21.1 Å². The Morgan fingerprint density at radius 3 is 2.34 bits per heavy atom. The number of halogens is 1. The Hall–Kier alpha value is -4.54. The van der Waals surface area contributed by atoms with Crippen LogP contribution in [-0.2, 0) is 4.74 Å². The number of primary amides is 1. The number of para-hydroxylation sites is 1. The van der Waals surface area contributed by atoms with E-state index in [2.05, 4.69) is 10.6 Å². The van der Waals surface area contributed by atoms with Gasteiger partial charge in [-0.25, -0.2) is 14.4 Å². The summed E-state index contributed by atoms with van der Waals surface area (Å²) in [4.78, 5) is 40.3. The van der Waals surface area contributed by atoms with Crippen LogP contribution in [0.25, 0.3) is 10.4 Å². The van der Waals surface area contributed by atoms with E-state index in [1.807, 2.05) is 42.5 Å². The summed E-state index contributed by atoms with van der Waals surface area (Å²) >= 11 is 7.24. The van der Waals surface area contributed by atoms with Crippen LogP contribution in [-0.4, -0.2) is 42.1 Å². The molecule has 210 valence electrons. The number of thiophene rings is 1. The molecule has 5 rings (SSSR count). The van der Waals surface area contributed by atoms with E-state index in [9.17, 15) is 14.4 Å². The van der Waals surface area contributed by atoms with Crippen LogP contribution in [0.5, 0.6) is 11.5 Å². The highest BCUT2D eigenvalue weighted by Gasteiger charge is 2.28. The molecule has 4 amide bonds. The van der Waals surface area contributed by atoms with E-state index in [1.54, 1.807) is 42.5 Å². The minimum absolute atomic E-state index is 0.226. The molecule has 1 unspecified atom stereocenters. The molecule has 0 bridgehead atoms. The van der Waals surface area contributed by atoms with Gasteiger partial charge in [0.15, 0.2) is 0 Å². The zero-order valence-corrected chi connectivity index (χ0v) is 23.4. The lowest BCUT2D eigenvalue weighted by molar-refractivity contribution is 0.0134. The van der Waals surface area contributed by atoms with Gasteiger partial charge < -0.3 is 30.7 Å². The average Bonchev–Trinajstić information content (AvgIpc) is 3.39. The van der Waals surface area contributed by atoms with Crippen molar-refractivity contribution in [2.24, 2.45) is 5.73 Å². The topological polar surface area (TPSA) is 123 Å². The highest BCUT2D eigenvalue weighted by Crippen LogP contribution is 2.36. The maximum Gasteiger partial charge on any atom is 0.350 e. The normalized spacial score (nSPS) is 14.7. The molecule has 0 spiro atoms. The van der Waals surface area contributed by atoms with Crippen molar-refractivity contribution >= 4 is 52.3 Å². The molecular formula is C30H27ClN4O5S. The van der Waals surface area contributed by atoms with Crippen molar-refractivity contribution in [3.63, 3.8) is 0 Å². The van der Waals surface area contributed by atoms with Crippen LogP contribution in [0.3, 0.4) is 0 Å². The van der Waals surface area contributed by atoms with E-state index in [1.165, 1.54) is 16.2 Å². The molecule has 4 aromatic rings. The number of nitrogens with one attached hydrogen (secondary N) is 2. The van der Waals surface area contributed by atoms with Gasteiger partial charge in [0.25, 0.3) is 0 Å². The van der Waals surface area contributed by atoms with Crippen molar-refractivity contribution in [1.29, 1.82) is 0 Å². The van der Waals surface area contributed by atoms with Gasteiger partial charge in [0.2, 0.25) is 0 Å². The zero-order chi connectivity index (χ0) is 28.8. The molecule has 0 aliphatic carbocycles. The number of piperidine rings is 1. The molecule has 0 radical (unpaired) electrons. The maximum atomic E-state index is 13.3. The number of esters is 1. The minimum Gasteiger partial charge on any atom is -0.457 e. The Morgan fingerprint density at radius 1 is 0.927 bits per heavy atom. The number of urea groups is 2. The van der Waals surface area contributed by atoms with E-state index in [0.29, 0.717) is 47.3 Å². The number of hydrogen-bond acceptors (Lipinski definition) is 6. The highest BCUT2D eigenvalue weighted by atomic mass is 35.5. The van der Waals surface area contributed by atoms with Crippen molar-refractivity contribution in [3.8, 4) is 21.9 Å². The molecule has 1 atom stereocenters. The SMILES string of the molecule is NC(=O)N1CCCC(OC(=O)c2sc(-c3ccc(Cl)cc3)cc2NC(=O)Nc2ccc(Oc3ccccc3)cc2)C1. The van der Waals surface area contributed by atoms with E-state index >= 15 is 0 Å². The summed E-state index contributed by atoms with van der Waals surface area (Å²) in [6.07, 6.45) is 0.783. The van der Waals surface area contributed by atoms with E-state index < -0.39 is 24.1 Å². The first-order chi connectivity index (χ1) is 19.8. The molecule has 1 aromatic heterocycles. The van der Waals surface area contributed by atoms with Crippen molar-refractivity contribution in [3.05, 3.63) is 94.8 Å². The van der Waals surface area contributed by atoms with Gasteiger partial charge in [-0.3, -0.25) is 0 Å². The Morgan fingerprint density at radius 2 is 1.63 bits per heavy atom. The third-order valence-corrected chi connectivity index (χ3v) is 7.77. The Bertz CT molecular complexity index is 1530. The smallest absolute Gasteiger partial charge is 0.350 e. The Kier molecular flexibility index (Phi) is 8.71. The van der Waals surface area contributed by atoms with Crippen molar-refractivity contribution in [2.45, 2.75) is 18.9 Å². The molecule has 0 saturated carbocycles. The standard InChI is InChI=1S/C30H27ClN4O5S/c31-20-10-8-19(9-11-20)26-17-25(27(41-26)28(36)40-24-7-4-16-35(18-24)29(32)37)34-30(38)33-21-12-14-23(15-13-21)39-22-5-2-1-3-6-22/h1-3,5-6,8-15,17,24H,4,7,16,18H2,(H2,32,37)(H2,33,34,38). The highest BCUT2D eigenvalue weighted by molar-refractivity contribution is 7.18. The van der Waals surface area contributed by atoms with E-state index in [4.69, 9.17) is 26.8 Å². The first-order valence-electron chi connectivity index (χ1n) is 12.9. The van der Waals surface area contributed by atoms with E-state index in [-0.39, 0.29) is 11.4 Å². The fourth-order valence-electron chi connectivity index (χ4n) is 4.35. The summed E-state index contributed by atoms with van der Waals surface area (Å²) in [5.41, 5.74) is 7.08. The third-order valence-electron chi connectivity index (χ3n) is 6.35. The van der Waals surface area contributed by atoms with Gasteiger partial charge in [0.05, 0.1) is 12.2 Å². The van der Waals surface area contributed by atoms with Crippen molar-refractivity contribution in [2.75, 3.05) is 23.7 Å². The second-order valence-electron chi connectivity index (χ2n) is 9.33. The third kappa shape index (κ3) is 7.36. The molecule has 4 N–H and O–H groups in total. The largest absolute Gasteiger partial charge is 0.457 e. The van der Waals surface area contributed by atoms with Gasteiger partial charge in [0, 0.05) is 22.1 Å². The molecule has 9 nitrogen and oxygen atoms in total. The molecule has 2 heterocycles. The first kappa shape index (κ1) is 28.0. The number of benzene rings is 3. The summed E-state index contributed by atoms with van der Waals surface area (Å²) < 4.78 is 11.5. The van der Waals surface area contributed by atoms with Crippen LogP contribution in [0.1, 0.15) is 22.5 Å². The summed E-state index contributed by atoms with van der Waals surface area (Å²) in [6, 6.07) is 24.1. The average molecular weight is 591 g/mol. The maximum absolute atomic E-state index is 13.3. The quantitative estimate of drug-likeness (QED) is 0.196. The van der Waals surface area contributed by atoms with Crippen molar-refractivity contribution < 1.29 is 23.9 Å². The van der Waals surface area contributed by atoms with Crippen LogP contribution >= 0.6 is 22.9 Å². The predicted molar refractivity (Wildman–Crippen MR) is 160 cm³/mol. The first-order valence-corrected chi connectivity index (χ1v) is 14.1. The number of rotatable bonds is 7. The molecule has 41 heavy (non-hydrogen) atoms. The Balaban J connectivity index is 1.30. The summed E-state index contributed by atoms with van der Waals surface area (Å²) in [6.45, 7) is 0.749. The number of anilines is 2. The summed E-state index contributed by atoms with van der Waals surface area (Å²) in [7, 11) is 0. The molecule has 1 aliphatic heterocycles. The summed E-state index contributed by atoms with van der Waals surface area (Å²) in [5.74, 6) is 0.731. The second-order valence-corrected chi connectivity index (χ2v) is 10.8. The fourth-order valence-corrected chi connectivity index (χ4v) is 5.47. The second kappa shape index (κ2) is 12.8. The lowest BCUT2D eigenvalue weighted by atomic mass is 10.1. The minimum atomic E-state index is -0.593. The van der Waals surface area contributed by atoms with Gasteiger partial charge in [-0.15, -0.1) is 11.3 Å². The van der Waals surface area contributed by atoms with Crippen LogP contribution in [0, 0.1) is 0 Å². The van der Waals surface area contributed by atoms with E-state index in [0.717, 1.165) is 10.4 Å². The van der Waals surface area contributed by atoms with Crippen LogP contribution in [0.2, 0.25) is 5.02 Å². The molecule has 1 aliphatic rings. The number of amides is 4. The monoisotopic (exact) mass is 590 g/mol. The molecular weight excluding hydrogens is 564 g/mol. The Labute approximate surface area is 245 Å². The van der Waals surface area contributed by atoms with Gasteiger partial charge >= 0.3 is 18.0 Å². The van der Waals surface area contributed by atoms with Gasteiger partial charge in [-0.2, -0.15) is 0 Å². The number of likely N-dealkylation sites (tertiary alicyclic amines) is 1. The fraction of sp³-hybridized carbons (Fsp3) is 0.167. The molecule has 1 fully saturated rings. The van der Waals surface area contributed by atoms with Gasteiger partial charge in [0.1, 0.15) is 22.5 Å².